The number of carbonyl (C=O) groups excluding carboxylic acids is 1. The topological polar surface area (TPSA) is 261 Å². The van der Waals surface area contributed by atoms with Crippen LogP contribution in [-0.2, 0) is 23.7 Å². The SMILES string of the molecule is CN[C@@H]1[C@@H](O)[C@@H](O[C@@H]2[C@@H](O)[C@H](O[C@H]3O[C@H](CN=C(N)C(F)F)CC[C@H]3N)[C@@H](N)C[C@H]2NC(=O)[C@@]2(O)CCNC2)OC[C@]1(C)O. The van der Waals surface area contributed by atoms with Crippen LogP contribution in [0.3, 0.4) is 0 Å². The number of likely N-dealkylation sites (N-methyl/N-ethyl adjacent to an activating group) is 1. The van der Waals surface area contributed by atoms with E-state index in [-0.39, 0.29) is 32.5 Å². The molecule has 0 unspecified atom stereocenters. The Morgan fingerprint density at radius 2 is 1.84 bits per heavy atom. The van der Waals surface area contributed by atoms with Gasteiger partial charge < -0.3 is 72.5 Å². The van der Waals surface area contributed by atoms with E-state index in [1.807, 2.05) is 0 Å². The lowest BCUT2D eigenvalue weighted by atomic mass is 9.83. The van der Waals surface area contributed by atoms with E-state index in [4.69, 9.17) is 36.1 Å². The van der Waals surface area contributed by atoms with E-state index in [1.54, 1.807) is 7.05 Å². The summed E-state index contributed by atoms with van der Waals surface area (Å²) in [6.45, 7) is 1.59. The number of hydrogen-bond donors (Lipinski definition) is 10. The number of aliphatic hydroxyl groups excluding tert-OH is 2. The summed E-state index contributed by atoms with van der Waals surface area (Å²) in [5.41, 5.74) is 14.8. The van der Waals surface area contributed by atoms with Crippen molar-refractivity contribution in [2.24, 2.45) is 22.2 Å². The molecular formula is C26H47F2N7O9. The zero-order valence-electron chi connectivity index (χ0n) is 24.9. The van der Waals surface area contributed by atoms with Gasteiger partial charge in [0, 0.05) is 12.6 Å². The molecule has 254 valence electrons. The molecule has 16 nitrogen and oxygen atoms in total. The Labute approximate surface area is 254 Å². The lowest BCUT2D eigenvalue weighted by molar-refractivity contribution is -0.307. The number of nitrogens with zero attached hydrogens (tertiary/aromatic N) is 1. The van der Waals surface area contributed by atoms with Crippen LogP contribution in [0.4, 0.5) is 8.78 Å². The molecule has 3 saturated heterocycles. The molecule has 3 aliphatic heterocycles. The second-order valence-corrected chi connectivity index (χ2v) is 12.4. The van der Waals surface area contributed by atoms with E-state index in [0.717, 1.165) is 0 Å². The van der Waals surface area contributed by atoms with E-state index in [1.165, 1.54) is 6.92 Å². The van der Waals surface area contributed by atoms with E-state index >= 15 is 0 Å². The average molecular weight is 640 g/mol. The first-order valence-corrected chi connectivity index (χ1v) is 14.8. The fraction of sp³-hybridized carbons (Fsp3) is 0.923. The van der Waals surface area contributed by atoms with Gasteiger partial charge in [0.05, 0.1) is 37.4 Å². The highest BCUT2D eigenvalue weighted by Gasteiger charge is 2.52. The summed E-state index contributed by atoms with van der Waals surface area (Å²) in [7, 11) is 1.55. The van der Waals surface area contributed by atoms with Crippen molar-refractivity contribution >= 4 is 11.7 Å². The van der Waals surface area contributed by atoms with Crippen LogP contribution in [0.1, 0.15) is 32.6 Å². The van der Waals surface area contributed by atoms with Gasteiger partial charge in [0.25, 0.3) is 12.3 Å². The molecule has 0 aromatic carbocycles. The predicted octanol–water partition coefficient (Wildman–Crippen LogP) is -4.43. The highest BCUT2D eigenvalue weighted by molar-refractivity contribution is 5.86. The van der Waals surface area contributed by atoms with Crippen molar-refractivity contribution in [3.63, 3.8) is 0 Å². The van der Waals surface area contributed by atoms with Crippen molar-refractivity contribution in [2.75, 3.05) is 33.3 Å². The monoisotopic (exact) mass is 639 g/mol. The molecule has 0 bridgehead atoms. The molecule has 13 N–H and O–H groups in total. The van der Waals surface area contributed by atoms with Crippen LogP contribution in [0, 0.1) is 0 Å². The number of amidine groups is 1. The highest BCUT2D eigenvalue weighted by Crippen LogP contribution is 2.32. The van der Waals surface area contributed by atoms with Crippen LogP contribution in [0.5, 0.6) is 0 Å². The fourth-order valence-electron chi connectivity index (χ4n) is 6.20. The van der Waals surface area contributed by atoms with Gasteiger partial charge in [-0.1, -0.05) is 0 Å². The van der Waals surface area contributed by atoms with Crippen LogP contribution >= 0.6 is 0 Å². The Bertz CT molecular complexity index is 1010. The smallest absolute Gasteiger partial charge is 0.294 e. The minimum atomic E-state index is -2.90. The van der Waals surface area contributed by atoms with Crippen LogP contribution < -0.4 is 33.2 Å². The number of alkyl halides is 2. The van der Waals surface area contributed by atoms with Crippen LogP contribution in [-0.4, -0.2) is 150 Å². The molecule has 4 fully saturated rings. The molecule has 0 aromatic heterocycles. The minimum absolute atomic E-state index is 0.0121. The van der Waals surface area contributed by atoms with Crippen molar-refractivity contribution in [3.05, 3.63) is 0 Å². The van der Waals surface area contributed by atoms with Crippen LogP contribution in [0.2, 0.25) is 0 Å². The van der Waals surface area contributed by atoms with Crippen molar-refractivity contribution < 1.29 is 52.9 Å². The van der Waals surface area contributed by atoms with E-state index in [0.29, 0.717) is 19.4 Å². The molecule has 4 aliphatic rings. The van der Waals surface area contributed by atoms with Crippen LogP contribution in [0.25, 0.3) is 0 Å². The van der Waals surface area contributed by atoms with Gasteiger partial charge in [0.1, 0.15) is 30.0 Å². The molecular weight excluding hydrogens is 592 g/mol. The van der Waals surface area contributed by atoms with E-state index < -0.39 is 96.6 Å². The lowest BCUT2D eigenvalue weighted by Gasteiger charge is -2.49. The second-order valence-electron chi connectivity index (χ2n) is 12.4. The number of aliphatic imine (C=N–C) groups is 1. The maximum Gasteiger partial charge on any atom is 0.294 e. The molecule has 1 saturated carbocycles. The number of aliphatic hydroxyl groups is 4. The number of ether oxygens (including phenoxy) is 4. The van der Waals surface area contributed by atoms with Gasteiger partial charge in [0.2, 0.25) is 0 Å². The second kappa shape index (κ2) is 14.4. The molecule has 18 heteroatoms. The largest absolute Gasteiger partial charge is 0.388 e. The Kier molecular flexibility index (Phi) is 11.5. The number of nitrogens with one attached hydrogen (secondary N) is 3. The first-order chi connectivity index (χ1) is 20.7. The third-order valence-electron chi connectivity index (χ3n) is 8.81. The maximum absolute atomic E-state index is 13.1. The minimum Gasteiger partial charge on any atom is -0.388 e. The molecule has 0 radical (unpaired) electrons. The first-order valence-electron chi connectivity index (χ1n) is 14.8. The standard InChI is InChI=1S/C26H47F2N7O9/c1-25(39)10-41-23(16(37)19(25)32-2)44-18-14(35-24(38)26(40)5-6-33-9-26)7-13(30)17(15(18)36)43-22-12(29)4-3-11(42-22)8-34-21(31)20(27)28/h11-20,22-23,32-33,36-37,39-40H,3-10,29-30H2,1-2H3,(H2,31,34)(H,35,38)/t11-,12+,13-,14+,15-,16+,17+,18-,19+,22+,23+,25-,26+/m0/s1. The summed E-state index contributed by atoms with van der Waals surface area (Å²) < 4.78 is 49.2. The summed E-state index contributed by atoms with van der Waals surface area (Å²) in [6, 6.07) is -3.35. The quantitative estimate of drug-likeness (QED) is 0.0799. The first kappa shape index (κ1) is 35.2. The third-order valence-corrected chi connectivity index (χ3v) is 8.81. The van der Waals surface area contributed by atoms with Crippen molar-refractivity contribution in [1.29, 1.82) is 0 Å². The Morgan fingerprint density at radius 3 is 2.48 bits per heavy atom. The summed E-state index contributed by atoms with van der Waals surface area (Å²) in [4.78, 5) is 16.8. The highest BCUT2D eigenvalue weighted by atomic mass is 19.3. The number of amides is 1. The molecule has 1 aliphatic carbocycles. The number of hydrogen-bond acceptors (Lipinski definition) is 14. The normalized spacial score (nSPS) is 45.4. The van der Waals surface area contributed by atoms with E-state index in [2.05, 4.69) is 20.9 Å². The lowest BCUT2D eigenvalue weighted by Crippen LogP contribution is -2.70. The van der Waals surface area contributed by atoms with Gasteiger partial charge in [-0.25, -0.2) is 8.78 Å². The van der Waals surface area contributed by atoms with Gasteiger partial charge >= 0.3 is 0 Å². The Balaban J connectivity index is 1.52. The van der Waals surface area contributed by atoms with Crippen molar-refractivity contribution in [2.45, 2.75) is 118 Å². The molecule has 44 heavy (non-hydrogen) atoms. The summed E-state index contributed by atoms with van der Waals surface area (Å²) in [5.74, 6) is -1.50. The molecule has 13 atom stereocenters. The van der Waals surface area contributed by atoms with Gasteiger partial charge in [-0.2, -0.15) is 0 Å². The maximum atomic E-state index is 13.1. The zero-order chi connectivity index (χ0) is 32.4. The Morgan fingerprint density at radius 1 is 1.14 bits per heavy atom. The molecule has 0 aromatic rings. The third kappa shape index (κ3) is 7.81. The van der Waals surface area contributed by atoms with Gasteiger partial charge in [0.15, 0.2) is 24.0 Å². The van der Waals surface area contributed by atoms with Gasteiger partial charge in [-0.05, 0) is 46.2 Å². The van der Waals surface area contributed by atoms with Gasteiger partial charge in [-0.3, -0.25) is 9.79 Å². The van der Waals surface area contributed by atoms with Crippen molar-refractivity contribution in [1.82, 2.24) is 16.0 Å². The molecule has 1 amide bonds. The fourth-order valence-corrected chi connectivity index (χ4v) is 6.20. The van der Waals surface area contributed by atoms with Crippen LogP contribution in [0.15, 0.2) is 4.99 Å². The molecule has 0 spiro atoms. The Hall–Kier alpha value is -1.68. The average Bonchev–Trinajstić information content (AvgIpc) is 3.41. The number of rotatable bonds is 10. The number of carbonyl (C=O) groups is 1. The number of halogens is 2. The van der Waals surface area contributed by atoms with E-state index in [9.17, 15) is 34.0 Å². The van der Waals surface area contributed by atoms with Gasteiger partial charge in [-0.15, -0.1) is 0 Å². The molecule has 3 heterocycles. The number of β-amino-alcohol motifs (C(OH)–C–C–N with tert-alkyl or cyclic N) is 1. The zero-order valence-corrected chi connectivity index (χ0v) is 24.9. The van der Waals surface area contributed by atoms with Crippen molar-refractivity contribution in [3.8, 4) is 0 Å². The molecule has 4 rings (SSSR count). The summed E-state index contributed by atoms with van der Waals surface area (Å²) in [6.07, 6.45) is -10.3. The number of nitrogens with two attached hydrogens (primary N) is 3. The predicted molar refractivity (Wildman–Crippen MR) is 150 cm³/mol. The summed E-state index contributed by atoms with van der Waals surface area (Å²) >= 11 is 0. The summed E-state index contributed by atoms with van der Waals surface area (Å²) in [5, 5.41) is 52.5.